The SMILES string of the molecule is C/C=C/C(=O)CCC(=O)NCc1ccc(OC)c(-n2c(CSc3ncnc4[nH]cnc34)nc3cccc(Cl)c3c2=O)c1. The van der Waals surface area contributed by atoms with Crippen molar-refractivity contribution in [1.29, 1.82) is 0 Å². The number of hydrogen-bond acceptors (Lipinski definition) is 9. The molecule has 0 radical (unpaired) electrons. The van der Waals surface area contributed by atoms with Gasteiger partial charge in [0, 0.05) is 19.4 Å². The molecule has 5 aromatic rings. The number of thioether (sulfide) groups is 1. The summed E-state index contributed by atoms with van der Waals surface area (Å²) < 4.78 is 7.11. The molecule has 11 nitrogen and oxygen atoms in total. The minimum absolute atomic E-state index is 0.0758. The molecule has 0 aliphatic rings. The van der Waals surface area contributed by atoms with Crippen LogP contribution in [0.4, 0.5) is 0 Å². The Hall–Kier alpha value is -4.55. The predicted molar refractivity (Wildman–Crippen MR) is 161 cm³/mol. The molecular weight excluding hydrogens is 578 g/mol. The number of halogens is 1. The molecule has 5 rings (SSSR count). The fraction of sp³-hybridized carbons (Fsp3) is 0.207. The van der Waals surface area contributed by atoms with Gasteiger partial charge in [-0.15, -0.1) is 0 Å². The monoisotopic (exact) mass is 603 g/mol. The summed E-state index contributed by atoms with van der Waals surface area (Å²) in [6, 6.07) is 10.4. The highest BCUT2D eigenvalue weighted by atomic mass is 35.5. The molecule has 0 fully saturated rings. The van der Waals surface area contributed by atoms with Gasteiger partial charge in [-0.05, 0) is 42.8 Å². The maximum Gasteiger partial charge on any atom is 0.267 e. The number of carbonyl (C=O) groups is 2. The Morgan fingerprint density at radius 2 is 2.02 bits per heavy atom. The summed E-state index contributed by atoms with van der Waals surface area (Å²) in [6.07, 6.45) is 6.29. The van der Waals surface area contributed by atoms with Crippen LogP contribution >= 0.6 is 23.4 Å². The Balaban J connectivity index is 1.52. The molecule has 3 aromatic heterocycles. The first-order valence-electron chi connectivity index (χ1n) is 13.0. The van der Waals surface area contributed by atoms with E-state index in [0.717, 1.165) is 5.56 Å². The maximum absolute atomic E-state index is 14.0. The topological polar surface area (TPSA) is 145 Å². The van der Waals surface area contributed by atoms with Crippen molar-refractivity contribution in [2.45, 2.75) is 37.1 Å². The molecule has 0 bridgehead atoms. The van der Waals surface area contributed by atoms with Crippen LogP contribution in [-0.4, -0.2) is 48.3 Å². The Morgan fingerprint density at radius 3 is 2.83 bits per heavy atom. The second-order valence-corrected chi connectivity index (χ2v) is 10.5. The molecule has 2 N–H and O–H groups in total. The molecule has 0 spiro atoms. The number of hydrogen-bond donors (Lipinski definition) is 2. The lowest BCUT2D eigenvalue weighted by atomic mass is 10.1. The number of nitrogens with zero attached hydrogens (tertiary/aromatic N) is 5. The molecule has 0 saturated heterocycles. The Morgan fingerprint density at radius 1 is 1.17 bits per heavy atom. The highest BCUT2D eigenvalue weighted by Crippen LogP contribution is 2.30. The van der Waals surface area contributed by atoms with Crippen molar-refractivity contribution >= 4 is 57.1 Å². The lowest BCUT2D eigenvalue weighted by Crippen LogP contribution is -2.25. The maximum atomic E-state index is 14.0. The van der Waals surface area contributed by atoms with E-state index in [2.05, 4.69) is 25.3 Å². The minimum atomic E-state index is -0.365. The Labute approximate surface area is 249 Å². The zero-order valence-electron chi connectivity index (χ0n) is 22.8. The number of rotatable bonds is 11. The average Bonchev–Trinajstić information content (AvgIpc) is 3.48. The van der Waals surface area contributed by atoms with Gasteiger partial charge in [-0.1, -0.05) is 41.6 Å². The van der Waals surface area contributed by atoms with Crippen LogP contribution in [-0.2, 0) is 21.9 Å². The summed E-state index contributed by atoms with van der Waals surface area (Å²) >= 11 is 7.83. The number of H-pyrrole nitrogens is 1. The van der Waals surface area contributed by atoms with Crippen LogP contribution in [0.25, 0.3) is 27.8 Å². The van der Waals surface area contributed by atoms with E-state index in [1.165, 1.54) is 35.8 Å². The van der Waals surface area contributed by atoms with Crippen LogP contribution in [0.2, 0.25) is 5.02 Å². The molecule has 13 heteroatoms. The third kappa shape index (κ3) is 6.19. The number of carbonyl (C=O) groups excluding carboxylic acids is 2. The van der Waals surface area contributed by atoms with Gasteiger partial charge in [0.1, 0.15) is 28.4 Å². The molecule has 0 aliphatic heterocycles. The summed E-state index contributed by atoms with van der Waals surface area (Å²) in [7, 11) is 1.51. The molecule has 42 heavy (non-hydrogen) atoms. The zero-order valence-corrected chi connectivity index (χ0v) is 24.3. The molecule has 0 atom stereocenters. The second-order valence-electron chi connectivity index (χ2n) is 9.12. The van der Waals surface area contributed by atoms with E-state index in [-0.39, 0.29) is 52.8 Å². The van der Waals surface area contributed by atoms with Gasteiger partial charge < -0.3 is 15.0 Å². The summed E-state index contributed by atoms with van der Waals surface area (Å²) in [5, 5.41) is 4.02. The van der Waals surface area contributed by atoms with Gasteiger partial charge >= 0.3 is 0 Å². The van der Waals surface area contributed by atoms with E-state index in [1.807, 2.05) is 0 Å². The van der Waals surface area contributed by atoms with Crippen LogP contribution in [0.15, 0.2) is 71.0 Å². The van der Waals surface area contributed by atoms with E-state index in [1.54, 1.807) is 55.7 Å². The molecule has 0 unspecified atom stereocenters. The Kier molecular flexibility index (Phi) is 8.94. The number of aromatic nitrogens is 6. The van der Waals surface area contributed by atoms with Gasteiger partial charge in [0.05, 0.1) is 40.8 Å². The standard InChI is InChI=1S/C29H26ClN7O4S/c1-3-5-18(38)9-11-24(39)31-13-17-8-10-22(41-2)21(12-17)37-23(36-20-7-4-6-19(30)25(20)29(37)40)14-42-28-26-27(33-15-32-26)34-16-35-28/h3-8,10,12,15-16H,9,11,13-14H2,1-2H3,(H,31,39)(H,32,33,34,35)/b5-3+. The fourth-order valence-electron chi connectivity index (χ4n) is 4.38. The van der Waals surface area contributed by atoms with Gasteiger partial charge in [-0.3, -0.25) is 19.0 Å². The molecule has 1 amide bonds. The van der Waals surface area contributed by atoms with Crippen LogP contribution in [0.5, 0.6) is 5.75 Å². The number of benzene rings is 2. The molecule has 3 heterocycles. The van der Waals surface area contributed by atoms with Gasteiger partial charge in [-0.25, -0.2) is 19.9 Å². The normalized spacial score (nSPS) is 11.4. The lowest BCUT2D eigenvalue weighted by molar-refractivity contribution is -0.124. The van der Waals surface area contributed by atoms with Crippen LogP contribution < -0.4 is 15.6 Å². The van der Waals surface area contributed by atoms with Gasteiger partial charge in [0.15, 0.2) is 11.4 Å². The van der Waals surface area contributed by atoms with E-state index in [4.69, 9.17) is 21.3 Å². The number of amides is 1. The number of aromatic amines is 1. The molecule has 0 aliphatic carbocycles. The molecule has 214 valence electrons. The fourth-order valence-corrected chi connectivity index (χ4v) is 5.49. The number of methoxy groups -OCH3 is 1. The summed E-state index contributed by atoms with van der Waals surface area (Å²) in [4.78, 5) is 58.8. The highest BCUT2D eigenvalue weighted by molar-refractivity contribution is 7.98. The third-order valence-electron chi connectivity index (χ3n) is 6.36. The van der Waals surface area contributed by atoms with Crippen molar-refractivity contribution in [1.82, 2.24) is 34.8 Å². The van der Waals surface area contributed by atoms with Gasteiger partial charge in [-0.2, -0.15) is 0 Å². The molecule has 2 aromatic carbocycles. The van der Waals surface area contributed by atoms with Crippen LogP contribution in [0.1, 0.15) is 31.2 Å². The number of ketones is 1. The quantitative estimate of drug-likeness (QED) is 0.126. The lowest BCUT2D eigenvalue weighted by Gasteiger charge is -2.18. The number of nitrogens with one attached hydrogen (secondary N) is 2. The number of fused-ring (bicyclic) bond motifs is 2. The second kappa shape index (κ2) is 13.0. The number of ether oxygens (including phenoxy) is 1. The molecular formula is C29H26ClN7O4S. The largest absolute Gasteiger partial charge is 0.495 e. The summed E-state index contributed by atoms with van der Waals surface area (Å²) in [5.74, 6) is 0.764. The van der Waals surface area contributed by atoms with Crippen LogP contribution in [0, 0.1) is 0 Å². The van der Waals surface area contributed by atoms with E-state index in [9.17, 15) is 14.4 Å². The number of imidazole rings is 1. The first kappa shape index (κ1) is 29.0. The third-order valence-corrected chi connectivity index (χ3v) is 7.65. The van der Waals surface area contributed by atoms with Crippen molar-refractivity contribution in [3.63, 3.8) is 0 Å². The van der Waals surface area contributed by atoms with E-state index in [0.29, 0.717) is 39.0 Å². The van der Waals surface area contributed by atoms with Crippen molar-refractivity contribution in [2.24, 2.45) is 0 Å². The highest BCUT2D eigenvalue weighted by Gasteiger charge is 2.20. The van der Waals surface area contributed by atoms with Gasteiger partial charge in [0.2, 0.25) is 5.91 Å². The van der Waals surface area contributed by atoms with Crippen LogP contribution in [0.3, 0.4) is 0 Å². The van der Waals surface area contributed by atoms with Crippen molar-refractivity contribution in [2.75, 3.05) is 7.11 Å². The average molecular weight is 604 g/mol. The first-order chi connectivity index (χ1) is 20.4. The summed E-state index contributed by atoms with van der Waals surface area (Å²) in [6.45, 7) is 1.94. The van der Waals surface area contributed by atoms with Crippen molar-refractivity contribution in [3.8, 4) is 11.4 Å². The summed E-state index contributed by atoms with van der Waals surface area (Å²) in [5.41, 5.74) is 2.47. The van der Waals surface area contributed by atoms with Gasteiger partial charge in [0.25, 0.3) is 5.56 Å². The molecule has 0 saturated carbocycles. The predicted octanol–water partition coefficient (Wildman–Crippen LogP) is 4.55. The first-order valence-corrected chi connectivity index (χ1v) is 14.3. The minimum Gasteiger partial charge on any atom is -0.495 e. The number of allylic oxidation sites excluding steroid dienone is 2. The van der Waals surface area contributed by atoms with Crippen molar-refractivity contribution < 1.29 is 14.3 Å². The Bertz CT molecular complexity index is 1890. The van der Waals surface area contributed by atoms with E-state index < -0.39 is 0 Å². The van der Waals surface area contributed by atoms with Crippen molar-refractivity contribution in [3.05, 3.63) is 88.0 Å². The zero-order chi connectivity index (χ0) is 29.6. The van der Waals surface area contributed by atoms with E-state index >= 15 is 0 Å². The smallest absolute Gasteiger partial charge is 0.267 e.